The lowest BCUT2D eigenvalue weighted by atomic mass is 9.69. The van der Waals surface area contributed by atoms with Crippen molar-refractivity contribution in [2.75, 3.05) is 5.32 Å². The van der Waals surface area contributed by atoms with Crippen molar-refractivity contribution in [2.24, 2.45) is 16.8 Å². The molecule has 1 aliphatic carbocycles. The lowest BCUT2D eigenvalue weighted by Crippen LogP contribution is -2.41. The van der Waals surface area contributed by atoms with Crippen LogP contribution in [0.5, 0.6) is 0 Å². The van der Waals surface area contributed by atoms with Gasteiger partial charge in [-0.3, -0.25) is 14.6 Å². The largest absolute Gasteiger partial charge is 0.307 e. The molecule has 0 radical (unpaired) electrons. The van der Waals surface area contributed by atoms with Crippen LogP contribution in [0.2, 0.25) is 0 Å². The molecule has 3 heterocycles. The highest BCUT2D eigenvalue weighted by Gasteiger charge is 2.45. The number of Topliss-reactive ketones (excluding diaryl/α,β-unsaturated/α-hetero) is 1. The van der Waals surface area contributed by atoms with E-state index >= 15 is 0 Å². The Labute approximate surface area is 168 Å². The van der Waals surface area contributed by atoms with Crippen molar-refractivity contribution in [1.82, 2.24) is 4.98 Å². The molecule has 28 heavy (non-hydrogen) atoms. The number of anilines is 1. The summed E-state index contributed by atoms with van der Waals surface area (Å²) in [7, 11) is 0. The average molecular weight is 394 g/mol. The summed E-state index contributed by atoms with van der Waals surface area (Å²) in [6.07, 6.45) is 1.35. The fraction of sp³-hybridized carbons (Fsp3) is 0.364. The molecule has 2 aliphatic rings. The van der Waals surface area contributed by atoms with Crippen LogP contribution in [0.15, 0.2) is 52.0 Å². The van der Waals surface area contributed by atoms with E-state index in [2.05, 4.69) is 17.2 Å². The van der Waals surface area contributed by atoms with E-state index in [1.807, 2.05) is 43.5 Å². The Bertz CT molecular complexity index is 991. The van der Waals surface area contributed by atoms with E-state index in [1.54, 1.807) is 17.4 Å². The third-order valence-electron chi connectivity index (χ3n) is 5.38. The fourth-order valence-corrected chi connectivity index (χ4v) is 5.12. The summed E-state index contributed by atoms with van der Waals surface area (Å²) < 4.78 is 0. The fourth-order valence-electron chi connectivity index (χ4n) is 4.25. The van der Waals surface area contributed by atoms with Crippen LogP contribution in [0.4, 0.5) is 5.82 Å². The predicted octanol–water partition coefficient (Wildman–Crippen LogP) is 4.52. The number of carbonyl (C=O) groups excluding carboxylic acids is 2. The smallest absolute Gasteiger partial charge is 0.255 e. The van der Waals surface area contributed by atoms with E-state index in [9.17, 15) is 9.59 Å². The molecule has 0 unspecified atom stereocenters. The van der Waals surface area contributed by atoms with Crippen LogP contribution < -0.4 is 5.32 Å². The first-order chi connectivity index (χ1) is 13.4. The van der Waals surface area contributed by atoms with Crippen LogP contribution in [0.25, 0.3) is 0 Å². The molecular formula is C22H23N3O2S. The summed E-state index contributed by atoms with van der Waals surface area (Å²) in [5.41, 5.74) is 3.02. The zero-order valence-corrected chi connectivity index (χ0v) is 17.0. The first-order valence-electron chi connectivity index (χ1n) is 9.53. The Hall–Kier alpha value is -2.60. The molecule has 4 rings (SSSR count). The lowest BCUT2D eigenvalue weighted by Gasteiger charge is -2.37. The van der Waals surface area contributed by atoms with Crippen LogP contribution in [0.3, 0.4) is 0 Å². The number of nitrogens with one attached hydrogen (secondary N) is 1. The standard InChI is InChI=1S/C22H23N3O2S/c1-12-10-15-20(16(26)11-12)21(17-7-5-9-28-17)19(14(3)24-15)22(27)25-18-8-4-6-13(2)23-18/h4-9,12,20-21H,10-11H2,1-3H3,(H,23,25,27)/t12-,20-,21-/m1/s1. The molecule has 2 aromatic rings. The summed E-state index contributed by atoms with van der Waals surface area (Å²) >= 11 is 1.58. The highest BCUT2D eigenvalue weighted by atomic mass is 32.1. The number of aliphatic imine (C=N–C) groups is 1. The molecule has 1 fully saturated rings. The van der Waals surface area contributed by atoms with Crippen LogP contribution >= 0.6 is 11.3 Å². The Morgan fingerprint density at radius 1 is 1.14 bits per heavy atom. The lowest BCUT2D eigenvalue weighted by molar-refractivity contribution is -0.123. The number of nitrogens with zero attached hydrogens (tertiary/aromatic N) is 2. The van der Waals surface area contributed by atoms with Gasteiger partial charge in [-0.25, -0.2) is 4.98 Å². The van der Waals surface area contributed by atoms with E-state index in [0.29, 0.717) is 29.4 Å². The highest BCUT2D eigenvalue weighted by Crippen LogP contribution is 2.45. The minimum absolute atomic E-state index is 0.183. The van der Waals surface area contributed by atoms with Gasteiger partial charge in [-0.15, -0.1) is 11.3 Å². The van der Waals surface area contributed by atoms with E-state index in [0.717, 1.165) is 22.7 Å². The van der Waals surface area contributed by atoms with Crippen molar-refractivity contribution in [3.63, 3.8) is 0 Å². The monoisotopic (exact) mass is 393 g/mol. The van der Waals surface area contributed by atoms with Crippen molar-refractivity contribution in [3.8, 4) is 0 Å². The van der Waals surface area contributed by atoms with Crippen LogP contribution in [0.1, 0.15) is 43.2 Å². The minimum Gasteiger partial charge on any atom is -0.307 e. The second kappa shape index (κ2) is 7.43. The van der Waals surface area contributed by atoms with Crippen molar-refractivity contribution >= 4 is 34.6 Å². The third-order valence-corrected chi connectivity index (χ3v) is 6.34. The average Bonchev–Trinajstić information content (AvgIpc) is 3.14. The molecule has 144 valence electrons. The van der Waals surface area contributed by atoms with Gasteiger partial charge in [-0.2, -0.15) is 0 Å². The van der Waals surface area contributed by atoms with E-state index in [1.165, 1.54) is 0 Å². The molecule has 3 atom stereocenters. The first-order valence-corrected chi connectivity index (χ1v) is 10.4. The maximum Gasteiger partial charge on any atom is 0.255 e. The normalized spacial score (nSPS) is 24.6. The summed E-state index contributed by atoms with van der Waals surface area (Å²) in [6, 6.07) is 9.49. The number of ketones is 1. The Balaban J connectivity index is 1.77. The number of fused-ring (bicyclic) bond motifs is 1. The molecule has 1 aliphatic heterocycles. The Morgan fingerprint density at radius 3 is 2.68 bits per heavy atom. The van der Waals surface area contributed by atoms with Crippen LogP contribution in [-0.2, 0) is 9.59 Å². The molecule has 0 aromatic carbocycles. The van der Waals surface area contributed by atoms with Crippen molar-refractivity contribution < 1.29 is 9.59 Å². The van der Waals surface area contributed by atoms with Crippen molar-refractivity contribution in [2.45, 2.75) is 39.5 Å². The number of allylic oxidation sites excluding steroid dienone is 1. The van der Waals surface area contributed by atoms with Gasteiger partial charge in [0.1, 0.15) is 11.6 Å². The maximum absolute atomic E-state index is 13.3. The number of carbonyl (C=O) groups is 2. The second-order valence-corrected chi connectivity index (χ2v) is 8.65. The molecule has 2 aromatic heterocycles. The molecule has 0 saturated heterocycles. The quantitative estimate of drug-likeness (QED) is 0.833. The number of thiophene rings is 1. The van der Waals surface area contributed by atoms with Crippen molar-refractivity contribution in [1.29, 1.82) is 0 Å². The highest BCUT2D eigenvalue weighted by molar-refractivity contribution is 7.10. The summed E-state index contributed by atoms with van der Waals surface area (Å²) in [4.78, 5) is 36.4. The van der Waals surface area contributed by atoms with Gasteiger partial charge in [-0.05, 0) is 49.8 Å². The zero-order chi connectivity index (χ0) is 19.8. The van der Waals surface area contributed by atoms with Crippen LogP contribution in [-0.4, -0.2) is 22.4 Å². The predicted molar refractivity (Wildman–Crippen MR) is 112 cm³/mol. The number of aryl methyl sites for hydroxylation is 1. The molecule has 6 heteroatoms. The summed E-state index contributed by atoms with van der Waals surface area (Å²) in [6.45, 7) is 5.83. The van der Waals surface area contributed by atoms with Gasteiger partial charge < -0.3 is 5.32 Å². The topological polar surface area (TPSA) is 71.4 Å². The van der Waals surface area contributed by atoms with Crippen LogP contribution in [0, 0.1) is 18.8 Å². The molecule has 5 nitrogen and oxygen atoms in total. The van der Waals surface area contributed by atoms with Gasteiger partial charge in [0, 0.05) is 39.9 Å². The van der Waals surface area contributed by atoms with E-state index in [4.69, 9.17) is 4.99 Å². The molecular weight excluding hydrogens is 370 g/mol. The molecule has 1 amide bonds. The minimum atomic E-state index is -0.343. The van der Waals surface area contributed by atoms with Gasteiger partial charge in [0.25, 0.3) is 5.91 Å². The SMILES string of the molecule is CC1=C(C(=O)Nc2cccc(C)n2)[C@@H](c2cccs2)[C@H]2C(=O)C[C@H](C)CC2=N1. The Morgan fingerprint density at radius 2 is 1.96 bits per heavy atom. The van der Waals surface area contributed by atoms with Gasteiger partial charge in [0.15, 0.2) is 0 Å². The second-order valence-electron chi connectivity index (χ2n) is 7.67. The number of pyridine rings is 1. The number of rotatable bonds is 3. The van der Waals surface area contributed by atoms with Gasteiger partial charge in [0.2, 0.25) is 0 Å². The Kier molecular flexibility index (Phi) is 4.98. The van der Waals surface area contributed by atoms with Crippen molar-refractivity contribution in [3.05, 3.63) is 57.6 Å². The number of aromatic nitrogens is 1. The molecule has 1 saturated carbocycles. The van der Waals surface area contributed by atoms with Gasteiger partial charge >= 0.3 is 0 Å². The van der Waals surface area contributed by atoms with E-state index < -0.39 is 0 Å². The first kappa shape index (κ1) is 18.7. The number of amides is 1. The number of hydrogen-bond donors (Lipinski definition) is 1. The molecule has 0 bridgehead atoms. The van der Waals surface area contributed by atoms with E-state index in [-0.39, 0.29) is 23.5 Å². The zero-order valence-electron chi connectivity index (χ0n) is 16.2. The molecule has 1 N–H and O–H groups in total. The maximum atomic E-state index is 13.3. The summed E-state index contributed by atoms with van der Waals surface area (Å²) in [5.74, 6) is 0.132. The van der Waals surface area contributed by atoms with Gasteiger partial charge in [-0.1, -0.05) is 19.1 Å². The third kappa shape index (κ3) is 3.44. The summed E-state index contributed by atoms with van der Waals surface area (Å²) in [5, 5.41) is 4.90. The van der Waals surface area contributed by atoms with Gasteiger partial charge in [0.05, 0.1) is 5.92 Å². The molecule has 0 spiro atoms. The number of hydrogen-bond acceptors (Lipinski definition) is 5.